The third-order valence-corrected chi connectivity index (χ3v) is 8.43. The van der Waals surface area contributed by atoms with Gasteiger partial charge in [-0.05, 0) is 36.4 Å². The molecule has 0 bridgehead atoms. The number of rotatable bonds is 4. The summed E-state index contributed by atoms with van der Waals surface area (Å²) < 4.78 is 54.1. The lowest BCUT2D eigenvalue weighted by Gasteiger charge is -2.28. The van der Waals surface area contributed by atoms with Gasteiger partial charge in [0.2, 0.25) is 5.91 Å². The zero-order chi connectivity index (χ0) is 19.9. The predicted molar refractivity (Wildman–Crippen MR) is 106 cm³/mol. The van der Waals surface area contributed by atoms with E-state index in [2.05, 4.69) is 36.4 Å². The molecule has 1 atom stereocenters. The average Bonchev–Trinajstić information content (AvgIpc) is 2.63. The highest BCUT2D eigenvalue weighted by atomic mass is 31.2. The van der Waals surface area contributed by atoms with Crippen molar-refractivity contribution in [2.45, 2.75) is 12.8 Å². The first-order chi connectivity index (χ1) is 12.8. The van der Waals surface area contributed by atoms with Crippen LogP contribution in [0, 0.1) is 0 Å². The molecule has 1 unspecified atom stereocenters. The van der Waals surface area contributed by atoms with E-state index in [0.29, 0.717) is 0 Å². The molecule has 0 saturated heterocycles. The first-order valence-corrected chi connectivity index (χ1v) is 10.2. The van der Waals surface area contributed by atoms with E-state index in [1.165, 1.54) is 0 Å². The summed E-state index contributed by atoms with van der Waals surface area (Å²) in [5, 5.41) is 3.26. The Kier molecular flexibility index (Phi) is 7.15. The van der Waals surface area contributed by atoms with Crippen molar-refractivity contribution in [3.05, 3.63) is 91.0 Å². The van der Waals surface area contributed by atoms with E-state index in [9.17, 15) is 17.3 Å². The second kappa shape index (κ2) is 9.14. The van der Waals surface area contributed by atoms with Gasteiger partial charge in [0.25, 0.3) is 0 Å². The van der Waals surface area contributed by atoms with E-state index in [1.54, 1.807) is 6.92 Å². The smallest absolute Gasteiger partial charge is 0.418 e. The Labute approximate surface area is 156 Å². The Morgan fingerprint density at radius 3 is 1.00 bits per heavy atom. The summed E-state index contributed by atoms with van der Waals surface area (Å²) in [7, 11) is -8.29. The topological polar surface area (TPSA) is 0 Å². The fourth-order valence-corrected chi connectivity index (χ4v) is 7.11. The third-order valence-electron chi connectivity index (χ3n) is 4.02. The highest BCUT2D eigenvalue weighted by molar-refractivity contribution is 7.96. The van der Waals surface area contributed by atoms with Crippen molar-refractivity contribution in [1.29, 1.82) is 0 Å². The minimum Gasteiger partial charge on any atom is -0.418 e. The molecule has 0 aliphatic carbocycles. The van der Waals surface area contributed by atoms with Crippen LogP contribution in [0.25, 0.3) is 0 Å². The molecule has 27 heavy (non-hydrogen) atoms. The summed E-state index contributed by atoms with van der Waals surface area (Å²) in [4.78, 5) is 0. The molecule has 7 heteroatoms. The van der Waals surface area contributed by atoms with E-state index < -0.39 is 20.4 Å². The van der Waals surface area contributed by atoms with Crippen molar-refractivity contribution >= 4 is 30.4 Å². The molecule has 0 aliphatic rings. The summed E-state index contributed by atoms with van der Waals surface area (Å²) in [6, 6.07) is 30.3. The number of benzene rings is 3. The van der Waals surface area contributed by atoms with E-state index in [1.807, 2.05) is 54.6 Å². The number of hydrogen-bond acceptors (Lipinski definition) is 0. The van der Waals surface area contributed by atoms with Gasteiger partial charge in [0.05, 0.1) is 0 Å². The van der Waals surface area contributed by atoms with Gasteiger partial charge >= 0.3 is 7.25 Å². The second-order valence-electron chi connectivity index (χ2n) is 5.80. The van der Waals surface area contributed by atoms with Crippen LogP contribution >= 0.6 is 7.26 Å². The van der Waals surface area contributed by atoms with Gasteiger partial charge < -0.3 is 17.3 Å². The summed E-state index contributed by atoms with van der Waals surface area (Å²) in [5.74, 6) is -0.945. The van der Waals surface area contributed by atoms with Crippen LogP contribution in [-0.2, 0) is 0 Å². The molecule has 0 N–H and O–H groups in total. The van der Waals surface area contributed by atoms with Gasteiger partial charge in [-0.25, -0.2) is 4.39 Å². The Morgan fingerprint density at radius 2 is 0.815 bits per heavy atom. The standard InChI is InChI=1S/C20H19FP.BF4/c1-17(21)22(18-11-5-2-6-12-18,19-13-7-3-8-14-19)20-15-9-4-10-16-20;2-1(3,4)5/h2-17H,1H3;/q+1;-1. The fraction of sp³-hybridized carbons (Fsp3) is 0.100. The zero-order valence-corrected chi connectivity index (χ0v) is 15.5. The Balaban J connectivity index is 0.000000465. The third kappa shape index (κ3) is 5.39. The first-order valence-electron chi connectivity index (χ1n) is 8.33. The van der Waals surface area contributed by atoms with Crippen molar-refractivity contribution in [3.63, 3.8) is 0 Å². The molecule has 3 aromatic carbocycles. The number of halogens is 5. The van der Waals surface area contributed by atoms with Gasteiger partial charge in [0.15, 0.2) is 0 Å². The molecule has 0 amide bonds. The van der Waals surface area contributed by atoms with Crippen molar-refractivity contribution in [1.82, 2.24) is 0 Å². The lowest BCUT2D eigenvalue weighted by atomic mass is 10.3. The molecule has 0 radical (unpaired) electrons. The highest BCUT2D eigenvalue weighted by Gasteiger charge is 2.50. The van der Waals surface area contributed by atoms with Crippen LogP contribution in [0.15, 0.2) is 91.0 Å². The number of hydrogen-bond donors (Lipinski definition) is 0. The van der Waals surface area contributed by atoms with Crippen LogP contribution in [0.1, 0.15) is 6.92 Å². The molecule has 0 nitrogen and oxygen atoms in total. The zero-order valence-electron chi connectivity index (χ0n) is 14.7. The molecule has 0 spiro atoms. The monoisotopic (exact) mass is 396 g/mol. The van der Waals surface area contributed by atoms with Gasteiger partial charge in [-0.15, -0.1) is 0 Å². The summed E-state index contributed by atoms with van der Waals surface area (Å²) in [6.45, 7) is 1.70. The van der Waals surface area contributed by atoms with Crippen molar-refractivity contribution in [2.75, 3.05) is 0 Å². The molecule has 0 heterocycles. The summed E-state index contributed by atoms with van der Waals surface area (Å²) >= 11 is 0. The predicted octanol–water partition coefficient (Wildman–Crippen LogP) is 5.60. The lowest BCUT2D eigenvalue weighted by Crippen LogP contribution is -2.36. The fourth-order valence-electron chi connectivity index (χ4n) is 3.05. The summed E-state index contributed by atoms with van der Waals surface area (Å²) in [6.07, 6.45) is 0. The quantitative estimate of drug-likeness (QED) is 0.306. The first kappa shape index (κ1) is 21.1. The largest absolute Gasteiger partial charge is 0.673 e. The summed E-state index contributed by atoms with van der Waals surface area (Å²) in [5.41, 5.74) is 0. The highest BCUT2D eigenvalue weighted by Crippen LogP contribution is 2.59. The van der Waals surface area contributed by atoms with E-state index in [4.69, 9.17) is 0 Å². The second-order valence-corrected chi connectivity index (χ2v) is 9.50. The van der Waals surface area contributed by atoms with Crippen LogP contribution in [0.3, 0.4) is 0 Å². The van der Waals surface area contributed by atoms with Gasteiger partial charge in [-0.1, -0.05) is 54.6 Å². The molecule has 3 aromatic rings. The molecular weight excluding hydrogens is 377 g/mol. The maximum atomic E-state index is 15.1. The average molecular weight is 396 g/mol. The Bertz CT molecular complexity index is 705. The molecule has 0 saturated carbocycles. The Hall–Kier alpha value is -2.20. The van der Waals surface area contributed by atoms with Gasteiger partial charge in [-0.2, -0.15) is 0 Å². The molecule has 3 rings (SSSR count). The Morgan fingerprint density at radius 1 is 0.593 bits per heavy atom. The maximum Gasteiger partial charge on any atom is 0.673 e. The van der Waals surface area contributed by atoms with Crippen LogP contribution in [-0.4, -0.2) is 13.2 Å². The van der Waals surface area contributed by atoms with Crippen LogP contribution in [0.5, 0.6) is 0 Å². The molecular formula is C20H19BF5P. The van der Waals surface area contributed by atoms with Gasteiger partial charge in [0.1, 0.15) is 23.2 Å². The van der Waals surface area contributed by atoms with Gasteiger partial charge in [-0.3, -0.25) is 0 Å². The van der Waals surface area contributed by atoms with Crippen molar-refractivity contribution in [3.8, 4) is 0 Å². The lowest BCUT2D eigenvalue weighted by molar-refractivity contribution is 0.368. The molecule has 0 aromatic heterocycles. The molecule has 0 aliphatic heterocycles. The van der Waals surface area contributed by atoms with Gasteiger partial charge in [0, 0.05) is 6.92 Å². The normalized spacial score (nSPS) is 12.7. The van der Waals surface area contributed by atoms with Crippen LogP contribution in [0.4, 0.5) is 21.7 Å². The van der Waals surface area contributed by atoms with E-state index in [0.717, 1.165) is 15.9 Å². The van der Waals surface area contributed by atoms with Crippen molar-refractivity contribution in [2.24, 2.45) is 0 Å². The molecule has 0 fully saturated rings. The minimum atomic E-state index is -6.00. The minimum absolute atomic E-state index is 0.945. The number of alkyl halides is 1. The van der Waals surface area contributed by atoms with E-state index in [-0.39, 0.29) is 0 Å². The SMILES string of the molecule is CC(F)[P+](c1ccccc1)(c1ccccc1)c1ccccc1.F[B-](F)(F)F. The van der Waals surface area contributed by atoms with Crippen LogP contribution in [0.2, 0.25) is 0 Å². The maximum absolute atomic E-state index is 15.1. The molecule has 142 valence electrons. The van der Waals surface area contributed by atoms with E-state index >= 15 is 4.39 Å². The van der Waals surface area contributed by atoms with Crippen LogP contribution < -0.4 is 15.9 Å². The van der Waals surface area contributed by atoms with Crippen molar-refractivity contribution < 1.29 is 21.7 Å².